The van der Waals surface area contributed by atoms with Crippen molar-refractivity contribution in [1.82, 2.24) is 0 Å². The minimum absolute atomic E-state index is 0.245. The van der Waals surface area contributed by atoms with Gasteiger partial charge in [0, 0.05) is 6.92 Å². The third kappa shape index (κ3) is 7.39. The van der Waals surface area contributed by atoms with Crippen LogP contribution in [0.2, 0.25) is 0 Å². The molecule has 0 aliphatic rings. The topological polar surface area (TPSA) is 52.6 Å². The molecule has 6 heteroatoms. The van der Waals surface area contributed by atoms with Gasteiger partial charge in [0.15, 0.2) is 6.61 Å². The highest BCUT2D eigenvalue weighted by molar-refractivity contribution is 5.77. The zero-order chi connectivity index (χ0) is 16.9. The van der Waals surface area contributed by atoms with Crippen LogP contribution in [0, 0.1) is 5.41 Å². The molecular formula is C15H26F2O4. The van der Waals surface area contributed by atoms with Gasteiger partial charge in [0.1, 0.15) is 5.60 Å². The van der Waals surface area contributed by atoms with E-state index in [1.165, 1.54) is 0 Å². The largest absolute Gasteiger partial charge is 0.459 e. The van der Waals surface area contributed by atoms with Crippen molar-refractivity contribution < 1.29 is 27.8 Å². The lowest BCUT2D eigenvalue weighted by Gasteiger charge is -2.32. The molecule has 0 radical (unpaired) electrons. The van der Waals surface area contributed by atoms with Gasteiger partial charge in [-0.2, -0.15) is 0 Å². The number of rotatable bonds is 8. The number of halogens is 2. The molecule has 0 N–H and O–H groups in total. The first-order chi connectivity index (χ1) is 9.35. The lowest BCUT2D eigenvalue weighted by Crippen LogP contribution is -2.39. The second-order valence-corrected chi connectivity index (χ2v) is 6.34. The molecule has 0 fully saturated rings. The summed E-state index contributed by atoms with van der Waals surface area (Å²) in [6.07, 6.45) is 0.736. The Morgan fingerprint density at radius 1 is 1.00 bits per heavy atom. The Bertz CT molecular complexity index is 374. The maximum atomic E-state index is 12.6. The van der Waals surface area contributed by atoms with E-state index in [0.717, 1.165) is 0 Å². The average molecular weight is 308 g/mol. The molecular weight excluding hydrogens is 282 g/mol. The maximum Gasteiger partial charge on any atom is 0.312 e. The molecule has 0 aliphatic heterocycles. The third-order valence-corrected chi connectivity index (χ3v) is 3.53. The van der Waals surface area contributed by atoms with Gasteiger partial charge in [-0.1, -0.05) is 13.8 Å². The monoisotopic (exact) mass is 308 g/mol. The minimum atomic E-state index is -3.07. The van der Waals surface area contributed by atoms with Gasteiger partial charge in [-0.25, -0.2) is 8.78 Å². The predicted octanol–water partition coefficient (Wildman–Crippen LogP) is 3.72. The van der Waals surface area contributed by atoms with E-state index >= 15 is 0 Å². The van der Waals surface area contributed by atoms with Crippen LogP contribution in [-0.2, 0) is 19.1 Å². The van der Waals surface area contributed by atoms with Crippen LogP contribution in [0.3, 0.4) is 0 Å². The molecule has 21 heavy (non-hydrogen) atoms. The summed E-state index contributed by atoms with van der Waals surface area (Å²) in [5.74, 6) is -4.29. The third-order valence-electron chi connectivity index (χ3n) is 3.53. The normalized spacial score (nSPS) is 15.2. The quantitative estimate of drug-likeness (QED) is 0.641. The zero-order valence-corrected chi connectivity index (χ0v) is 13.7. The fourth-order valence-electron chi connectivity index (χ4n) is 1.30. The van der Waals surface area contributed by atoms with E-state index in [-0.39, 0.29) is 6.42 Å². The molecule has 0 aromatic carbocycles. The summed E-state index contributed by atoms with van der Waals surface area (Å²) >= 11 is 0. The Balaban J connectivity index is 4.67. The molecule has 0 aromatic heterocycles. The molecule has 124 valence electrons. The molecule has 0 amide bonds. The van der Waals surface area contributed by atoms with Gasteiger partial charge in [0.25, 0.3) is 5.92 Å². The van der Waals surface area contributed by atoms with E-state index in [2.05, 4.69) is 4.74 Å². The molecule has 1 atom stereocenters. The van der Waals surface area contributed by atoms with Crippen LogP contribution in [0.4, 0.5) is 8.78 Å². The summed E-state index contributed by atoms with van der Waals surface area (Å²) in [4.78, 5) is 23.7. The minimum Gasteiger partial charge on any atom is -0.459 e. The number of hydrogen-bond acceptors (Lipinski definition) is 4. The van der Waals surface area contributed by atoms with Crippen LogP contribution < -0.4 is 0 Å². The first-order valence-corrected chi connectivity index (χ1v) is 7.12. The summed E-state index contributed by atoms with van der Waals surface area (Å²) in [7, 11) is 0. The van der Waals surface area contributed by atoms with Crippen molar-refractivity contribution in [3.05, 3.63) is 0 Å². The molecule has 4 nitrogen and oxygen atoms in total. The van der Waals surface area contributed by atoms with Gasteiger partial charge in [-0.3, -0.25) is 9.59 Å². The summed E-state index contributed by atoms with van der Waals surface area (Å²) in [6.45, 7) is 8.42. The summed E-state index contributed by atoms with van der Waals surface area (Å²) in [5.41, 5.74) is -1.71. The van der Waals surface area contributed by atoms with Gasteiger partial charge in [-0.15, -0.1) is 0 Å². The maximum absolute atomic E-state index is 12.6. The van der Waals surface area contributed by atoms with Crippen LogP contribution in [0.15, 0.2) is 0 Å². The highest BCUT2D eigenvalue weighted by Crippen LogP contribution is 2.28. The molecule has 0 spiro atoms. The van der Waals surface area contributed by atoms with Crippen LogP contribution in [0.25, 0.3) is 0 Å². The van der Waals surface area contributed by atoms with E-state index in [1.54, 1.807) is 27.7 Å². The van der Waals surface area contributed by atoms with Gasteiger partial charge in [0.2, 0.25) is 0 Å². The summed E-state index contributed by atoms with van der Waals surface area (Å²) in [6, 6.07) is 0. The molecule has 0 saturated heterocycles. The molecule has 1 unspecified atom stereocenters. The predicted molar refractivity (Wildman–Crippen MR) is 75.1 cm³/mol. The molecule has 0 aliphatic carbocycles. The van der Waals surface area contributed by atoms with Crippen LogP contribution >= 0.6 is 0 Å². The van der Waals surface area contributed by atoms with Crippen molar-refractivity contribution in [2.75, 3.05) is 6.61 Å². The van der Waals surface area contributed by atoms with Gasteiger partial charge >= 0.3 is 11.9 Å². The number of esters is 2. The van der Waals surface area contributed by atoms with Crippen molar-refractivity contribution >= 4 is 11.9 Å². The number of hydrogen-bond donors (Lipinski definition) is 0. The van der Waals surface area contributed by atoms with Crippen LogP contribution in [-0.4, -0.2) is 30.1 Å². The van der Waals surface area contributed by atoms with E-state index < -0.39 is 35.5 Å². The highest BCUT2D eigenvalue weighted by Gasteiger charge is 2.37. The first kappa shape index (κ1) is 19.8. The fourth-order valence-corrected chi connectivity index (χ4v) is 1.30. The van der Waals surface area contributed by atoms with E-state index in [1.807, 2.05) is 6.92 Å². The zero-order valence-electron chi connectivity index (χ0n) is 13.7. The van der Waals surface area contributed by atoms with Gasteiger partial charge in [-0.05, 0) is 33.6 Å². The second-order valence-electron chi connectivity index (χ2n) is 6.34. The first-order valence-electron chi connectivity index (χ1n) is 7.12. The molecule has 0 saturated carbocycles. The smallest absolute Gasteiger partial charge is 0.312 e. The number of alkyl halides is 2. The Hall–Kier alpha value is -1.20. The van der Waals surface area contributed by atoms with Crippen molar-refractivity contribution in [3.63, 3.8) is 0 Å². The van der Waals surface area contributed by atoms with Crippen LogP contribution in [0.5, 0.6) is 0 Å². The molecule has 0 aromatic rings. The Kier molecular flexibility index (Phi) is 6.77. The molecule has 0 heterocycles. The lowest BCUT2D eigenvalue weighted by molar-refractivity contribution is -0.176. The molecule has 0 rings (SSSR count). The summed E-state index contributed by atoms with van der Waals surface area (Å²) in [5, 5.41) is 0. The van der Waals surface area contributed by atoms with Gasteiger partial charge in [0.05, 0.1) is 11.8 Å². The van der Waals surface area contributed by atoms with Crippen molar-refractivity contribution in [1.29, 1.82) is 0 Å². The lowest BCUT2D eigenvalue weighted by atomic mass is 9.89. The van der Waals surface area contributed by atoms with E-state index in [9.17, 15) is 18.4 Å². The van der Waals surface area contributed by atoms with E-state index in [4.69, 9.17) is 4.74 Å². The standard InChI is InChI=1S/C15H26F2O4/c1-7-13(3,4)12(19)21-14(5,8-2)9-11(18)20-10-15(6,16)17/h7-10H2,1-6H3. The SMILES string of the molecule is CCC(C)(CC(=O)OCC(C)(F)F)OC(=O)C(C)(C)CC. The average Bonchev–Trinajstić information content (AvgIpc) is 2.35. The Morgan fingerprint density at radius 3 is 1.90 bits per heavy atom. The second kappa shape index (κ2) is 7.18. The number of carbonyl (C=O) groups is 2. The van der Waals surface area contributed by atoms with Crippen molar-refractivity contribution in [2.24, 2.45) is 5.41 Å². The van der Waals surface area contributed by atoms with Crippen molar-refractivity contribution in [2.45, 2.75) is 72.3 Å². The number of ether oxygens (including phenoxy) is 2. The fraction of sp³-hybridized carbons (Fsp3) is 0.867. The van der Waals surface area contributed by atoms with Crippen LogP contribution in [0.1, 0.15) is 60.8 Å². The highest BCUT2D eigenvalue weighted by atomic mass is 19.3. The Morgan fingerprint density at radius 2 is 1.52 bits per heavy atom. The van der Waals surface area contributed by atoms with E-state index in [0.29, 0.717) is 19.8 Å². The van der Waals surface area contributed by atoms with Gasteiger partial charge < -0.3 is 9.47 Å². The number of carbonyl (C=O) groups excluding carboxylic acids is 2. The summed E-state index contributed by atoms with van der Waals surface area (Å²) < 4.78 is 35.2. The Labute approximate surface area is 125 Å². The molecule has 0 bridgehead atoms. The van der Waals surface area contributed by atoms with Crippen molar-refractivity contribution in [3.8, 4) is 0 Å².